The van der Waals surface area contributed by atoms with Gasteiger partial charge in [-0.05, 0) is 32.1 Å². The maximum absolute atomic E-state index is 12.1. The highest BCUT2D eigenvalue weighted by Gasteiger charge is 2.26. The molecule has 1 saturated carbocycles. The molecule has 1 aromatic rings. The molecule has 4 nitrogen and oxygen atoms in total. The number of nitrogens with zero attached hydrogens (tertiary/aromatic N) is 2. The predicted octanol–water partition coefficient (Wildman–Crippen LogP) is 2.83. The number of hydrogen-bond acceptors (Lipinski definition) is 3. The van der Waals surface area contributed by atoms with E-state index in [9.17, 15) is 4.79 Å². The molecule has 0 aromatic carbocycles. The molecule has 0 atom stereocenters. The molecule has 5 heteroatoms. The largest absolute Gasteiger partial charge is 0.338 e. The van der Waals surface area contributed by atoms with E-state index in [2.05, 4.69) is 22.6 Å². The molecule has 1 heterocycles. The SMILES string of the molecule is CCCN(CC1CC1)C(=O)NCCc1csc(C)n1. The zero-order valence-corrected chi connectivity index (χ0v) is 12.6. The molecule has 106 valence electrons. The average molecular weight is 281 g/mol. The molecule has 1 N–H and O–H groups in total. The number of amides is 2. The van der Waals surface area contributed by atoms with Crippen molar-refractivity contribution < 1.29 is 4.79 Å². The summed E-state index contributed by atoms with van der Waals surface area (Å²) >= 11 is 1.66. The maximum Gasteiger partial charge on any atom is 0.317 e. The molecule has 1 aliphatic rings. The Morgan fingerprint density at radius 2 is 2.37 bits per heavy atom. The zero-order valence-electron chi connectivity index (χ0n) is 11.8. The summed E-state index contributed by atoms with van der Waals surface area (Å²) in [5.41, 5.74) is 1.08. The first kappa shape index (κ1) is 14.3. The molecule has 0 unspecified atom stereocenters. The Balaban J connectivity index is 1.71. The van der Waals surface area contributed by atoms with E-state index in [4.69, 9.17) is 0 Å². The summed E-state index contributed by atoms with van der Waals surface area (Å²) in [6.45, 7) is 6.58. The van der Waals surface area contributed by atoms with Gasteiger partial charge in [-0.15, -0.1) is 11.3 Å². The van der Waals surface area contributed by atoms with Gasteiger partial charge in [0.2, 0.25) is 0 Å². The van der Waals surface area contributed by atoms with Crippen molar-refractivity contribution in [2.45, 2.75) is 39.5 Å². The van der Waals surface area contributed by atoms with Crippen LogP contribution < -0.4 is 5.32 Å². The maximum atomic E-state index is 12.1. The summed E-state index contributed by atoms with van der Waals surface area (Å²) < 4.78 is 0. The van der Waals surface area contributed by atoms with E-state index in [-0.39, 0.29) is 6.03 Å². The highest BCUT2D eigenvalue weighted by atomic mass is 32.1. The van der Waals surface area contributed by atoms with Gasteiger partial charge in [0.1, 0.15) is 0 Å². The van der Waals surface area contributed by atoms with Crippen LogP contribution in [0.3, 0.4) is 0 Å². The third kappa shape index (κ3) is 4.82. The number of rotatable bonds is 7. The Labute approximate surface area is 119 Å². The van der Waals surface area contributed by atoms with Crippen LogP contribution in [-0.2, 0) is 6.42 Å². The van der Waals surface area contributed by atoms with Crippen LogP contribution in [0, 0.1) is 12.8 Å². The average Bonchev–Trinajstić information content (AvgIpc) is 3.10. The number of aromatic nitrogens is 1. The molecule has 0 spiro atoms. The number of nitrogens with one attached hydrogen (secondary N) is 1. The van der Waals surface area contributed by atoms with Gasteiger partial charge in [0.15, 0.2) is 0 Å². The fraction of sp³-hybridized carbons (Fsp3) is 0.714. The van der Waals surface area contributed by atoms with E-state index >= 15 is 0 Å². The molecule has 2 rings (SSSR count). The number of thiazole rings is 1. The first-order chi connectivity index (χ1) is 9.19. The fourth-order valence-corrected chi connectivity index (χ4v) is 2.74. The lowest BCUT2D eigenvalue weighted by molar-refractivity contribution is 0.195. The van der Waals surface area contributed by atoms with Gasteiger partial charge in [-0.1, -0.05) is 6.92 Å². The van der Waals surface area contributed by atoms with Crippen molar-refractivity contribution in [2.24, 2.45) is 5.92 Å². The summed E-state index contributed by atoms with van der Waals surface area (Å²) in [4.78, 5) is 18.5. The summed E-state index contributed by atoms with van der Waals surface area (Å²) in [5.74, 6) is 0.749. The Morgan fingerprint density at radius 1 is 1.58 bits per heavy atom. The van der Waals surface area contributed by atoms with Crippen LogP contribution in [0.4, 0.5) is 4.79 Å². The van der Waals surface area contributed by atoms with Crippen LogP contribution in [0.1, 0.15) is 36.9 Å². The minimum atomic E-state index is 0.0840. The number of carbonyl (C=O) groups excluding carboxylic acids is 1. The van der Waals surface area contributed by atoms with E-state index in [0.29, 0.717) is 6.54 Å². The van der Waals surface area contributed by atoms with Crippen molar-refractivity contribution in [2.75, 3.05) is 19.6 Å². The van der Waals surface area contributed by atoms with E-state index in [1.54, 1.807) is 11.3 Å². The van der Waals surface area contributed by atoms with Gasteiger partial charge in [0.25, 0.3) is 0 Å². The van der Waals surface area contributed by atoms with Gasteiger partial charge in [-0.25, -0.2) is 9.78 Å². The summed E-state index contributed by atoms with van der Waals surface area (Å²) in [6.07, 6.45) is 4.40. The van der Waals surface area contributed by atoms with Gasteiger partial charge in [0.05, 0.1) is 10.7 Å². The van der Waals surface area contributed by atoms with Crippen LogP contribution in [0.2, 0.25) is 0 Å². The van der Waals surface area contributed by atoms with Crippen molar-refractivity contribution in [3.05, 3.63) is 16.1 Å². The minimum Gasteiger partial charge on any atom is -0.338 e. The van der Waals surface area contributed by atoms with Gasteiger partial charge in [0, 0.05) is 31.4 Å². The molecule has 2 amide bonds. The third-order valence-corrected chi connectivity index (χ3v) is 4.10. The van der Waals surface area contributed by atoms with Crippen molar-refractivity contribution in [1.29, 1.82) is 0 Å². The van der Waals surface area contributed by atoms with Gasteiger partial charge in [-0.3, -0.25) is 0 Å². The highest BCUT2D eigenvalue weighted by molar-refractivity contribution is 7.09. The topological polar surface area (TPSA) is 45.2 Å². The Morgan fingerprint density at radius 3 is 2.95 bits per heavy atom. The zero-order chi connectivity index (χ0) is 13.7. The number of aryl methyl sites for hydroxylation is 1. The number of urea groups is 1. The summed E-state index contributed by atoms with van der Waals surface area (Å²) in [6, 6.07) is 0.0840. The Kier molecular flexibility index (Phi) is 5.19. The molecule has 0 bridgehead atoms. The number of carbonyl (C=O) groups is 1. The van der Waals surface area contributed by atoms with Crippen LogP contribution in [-0.4, -0.2) is 35.5 Å². The second-order valence-corrected chi connectivity index (χ2v) is 6.29. The van der Waals surface area contributed by atoms with Crippen molar-refractivity contribution >= 4 is 17.4 Å². The molecule has 1 aromatic heterocycles. The van der Waals surface area contributed by atoms with Crippen LogP contribution in [0.15, 0.2) is 5.38 Å². The quantitative estimate of drug-likeness (QED) is 0.835. The molecule has 0 radical (unpaired) electrons. The molecule has 1 fully saturated rings. The number of hydrogen-bond donors (Lipinski definition) is 1. The summed E-state index contributed by atoms with van der Waals surface area (Å²) in [5, 5.41) is 6.16. The monoisotopic (exact) mass is 281 g/mol. The fourth-order valence-electron chi connectivity index (χ4n) is 2.09. The highest BCUT2D eigenvalue weighted by Crippen LogP contribution is 2.29. The molecule has 19 heavy (non-hydrogen) atoms. The molecule has 0 saturated heterocycles. The Hall–Kier alpha value is -1.10. The van der Waals surface area contributed by atoms with Crippen molar-refractivity contribution in [3.63, 3.8) is 0 Å². The van der Waals surface area contributed by atoms with E-state index < -0.39 is 0 Å². The van der Waals surface area contributed by atoms with Gasteiger partial charge < -0.3 is 10.2 Å². The van der Waals surface area contributed by atoms with E-state index in [1.165, 1.54) is 12.8 Å². The molecular formula is C14H23N3OS. The second-order valence-electron chi connectivity index (χ2n) is 5.23. The van der Waals surface area contributed by atoms with E-state index in [1.807, 2.05) is 11.8 Å². The lowest BCUT2D eigenvalue weighted by Gasteiger charge is -2.22. The Bertz CT molecular complexity index is 415. The molecule has 1 aliphatic carbocycles. The lowest BCUT2D eigenvalue weighted by Crippen LogP contribution is -2.42. The van der Waals surface area contributed by atoms with Gasteiger partial charge in [-0.2, -0.15) is 0 Å². The molecule has 0 aliphatic heterocycles. The van der Waals surface area contributed by atoms with E-state index in [0.717, 1.165) is 42.6 Å². The predicted molar refractivity (Wildman–Crippen MR) is 78.5 cm³/mol. The van der Waals surface area contributed by atoms with Crippen LogP contribution in [0.5, 0.6) is 0 Å². The lowest BCUT2D eigenvalue weighted by atomic mass is 10.3. The molecular weight excluding hydrogens is 258 g/mol. The second kappa shape index (κ2) is 6.89. The smallest absolute Gasteiger partial charge is 0.317 e. The standard InChI is InChI=1S/C14H23N3OS/c1-3-8-17(9-12-4-5-12)14(18)15-7-6-13-10-19-11(2)16-13/h10,12H,3-9H2,1-2H3,(H,15,18). The third-order valence-electron chi connectivity index (χ3n) is 3.28. The summed E-state index contributed by atoms with van der Waals surface area (Å²) in [7, 11) is 0. The first-order valence-electron chi connectivity index (χ1n) is 7.12. The van der Waals surface area contributed by atoms with Crippen molar-refractivity contribution in [3.8, 4) is 0 Å². The van der Waals surface area contributed by atoms with Crippen LogP contribution in [0.25, 0.3) is 0 Å². The van der Waals surface area contributed by atoms with Crippen molar-refractivity contribution in [1.82, 2.24) is 15.2 Å². The normalized spacial score (nSPS) is 14.4. The minimum absolute atomic E-state index is 0.0840. The van der Waals surface area contributed by atoms with Gasteiger partial charge >= 0.3 is 6.03 Å². The van der Waals surface area contributed by atoms with Crippen LogP contribution >= 0.6 is 11.3 Å². The first-order valence-corrected chi connectivity index (χ1v) is 8.00.